The summed E-state index contributed by atoms with van der Waals surface area (Å²) in [5, 5.41) is 16.5. The Kier molecular flexibility index (Phi) is 8.00. The molecule has 4 aromatic carbocycles. The summed E-state index contributed by atoms with van der Waals surface area (Å²) in [6, 6.07) is 24.1. The van der Waals surface area contributed by atoms with Crippen molar-refractivity contribution in [1.82, 2.24) is 9.66 Å². The minimum Gasteiger partial charge on any atom is -0.423 e. The number of esters is 1. The largest absolute Gasteiger partial charge is 0.423 e. The minimum atomic E-state index is -0.712. The van der Waals surface area contributed by atoms with Crippen LogP contribution in [0, 0.1) is 10.1 Å². The van der Waals surface area contributed by atoms with Crippen LogP contribution in [0.15, 0.2) is 107 Å². The molecular formula is C30H18Cl2N4O5. The number of fused-ring (bicyclic) bond motifs is 1. The van der Waals surface area contributed by atoms with E-state index in [-0.39, 0.29) is 22.3 Å². The third-order valence-corrected chi connectivity index (χ3v) is 6.41. The zero-order valence-corrected chi connectivity index (χ0v) is 22.5. The van der Waals surface area contributed by atoms with Gasteiger partial charge in [0.25, 0.3) is 11.2 Å². The number of hydrogen-bond acceptors (Lipinski definition) is 7. The summed E-state index contributed by atoms with van der Waals surface area (Å²) < 4.78 is 6.61. The van der Waals surface area contributed by atoms with E-state index in [0.29, 0.717) is 32.6 Å². The van der Waals surface area contributed by atoms with E-state index < -0.39 is 16.5 Å². The van der Waals surface area contributed by atoms with Gasteiger partial charge in [-0.1, -0.05) is 59.6 Å². The van der Waals surface area contributed by atoms with Crippen LogP contribution in [0.1, 0.15) is 11.1 Å². The lowest BCUT2D eigenvalue weighted by molar-refractivity contribution is -0.384. The average molecular weight is 585 g/mol. The van der Waals surface area contributed by atoms with Gasteiger partial charge in [0.1, 0.15) is 5.75 Å². The molecule has 0 bridgehead atoms. The summed E-state index contributed by atoms with van der Waals surface area (Å²) >= 11 is 12.5. The van der Waals surface area contributed by atoms with Crippen LogP contribution in [0.5, 0.6) is 5.75 Å². The summed E-state index contributed by atoms with van der Waals surface area (Å²) in [7, 11) is 0. The lowest BCUT2D eigenvalue weighted by Crippen LogP contribution is -2.20. The van der Waals surface area contributed by atoms with Gasteiger partial charge in [-0.25, -0.2) is 9.78 Å². The van der Waals surface area contributed by atoms with Crippen molar-refractivity contribution in [2.24, 2.45) is 5.10 Å². The molecule has 202 valence electrons. The molecule has 9 nitrogen and oxygen atoms in total. The topological polar surface area (TPSA) is 117 Å². The van der Waals surface area contributed by atoms with Gasteiger partial charge in [-0.3, -0.25) is 14.9 Å². The first-order valence-electron chi connectivity index (χ1n) is 12.0. The molecule has 0 saturated heterocycles. The number of hydrogen-bond donors (Lipinski definition) is 0. The summed E-state index contributed by atoms with van der Waals surface area (Å²) in [6.45, 7) is 0. The Labute approximate surface area is 242 Å². The fraction of sp³-hybridized carbons (Fsp3) is 0. The highest BCUT2D eigenvalue weighted by atomic mass is 35.5. The second kappa shape index (κ2) is 12.0. The second-order valence-electron chi connectivity index (χ2n) is 8.58. The monoisotopic (exact) mass is 584 g/mol. The van der Waals surface area contributed by atoms with E-state index in [4.69, 9.17) is 27.9 Å². The molecule has 11 heteroatoms. The number of non-ortho nitro benzene ring substituents is 1. The molecule has 41 heavy (non-hydrogen) atoms. The zero-order valence-electron chi connectivity index (χ0n) is 21.0. The number of nitro benzene ring substituents is 1. The van der Waals surface area contributed by atoms with Crippen molar-refractivity contribution in [3.05, 3.63) is 139 Å². The fourth-order valence-electron chi connectivity index (χ4n) is 3.92. The molecule has 0 fully saturated rings. The lowest BCUT2D eigenvalue weighted by Gasteiger charge is -2.11. The number of nitro groups is 1. The maximum atomic E-state index is 13.5. The van der Waals surface area contributed by atoms with Gasteiger partial charge in [-0.2, -0.15) is 9.78 Å². The van der Waals surface area contributed by atoms with Crippen LogP contribution in [0.3, 0.4) is 0 Å². The third kappa shape index (κ3) is 6.22. The Balaban J connectivity index is 1.49. The number of rotatable bonds is 7. The van der Waals surface area contributed by atoms with Crippen LogP contribution in [0.2, 0.25) is 10.0 Å². The van der Waals surface area contributed by atoms with Crippen LogP contribution in [-0.2, 0) is 4.79 Å². The van der Waals surface area contributed by atoms with Gasteiger partial charge >= 0.3 is 5.97 Å². The molecule has 0 radical (unpaired) electrons. The van der Waals surface area contributed by atoms with E-state index in [2.05, 4.69) is 10.1 Å². The third-order valence-electron chi connectivity index (χ3n) is 5.86. The Hall–Kier alpha value is -5.12. The van der Waals surface area contributed by atoms with Crippen LogP contribution in [0.25, 0.3) is 28.4 Å². The first-order valence-corrected chi connectivity index (χ1v) is 12.8. The van der Waals surface area contributed by atoms with E-state index in [9.17, 15) is 19.7 Å². The minimum absolute atomic E-state index is 0.0974. The van der Waals surface area contributed by atoms with E-state index in [1.165, 1.54) is 30.5 Å². The zero-order chi connectivity index (χ0) is 28.9. The Morgan fingerprint density at radius 3 is 2.56 bits per heavy atom. The smallest absolute Gasteiger partial charge is 0.336 e. The molecule has 0 N–H and O–H groups in total. The van der Waals surface area contributed by atoms with Crippen molar-refractivity contribution in [3.8, 4) is 17.1 Å². The van der Waals surface area contributed by atoms with Crippen molar-refractivity contribution in [2.75, 3.05) is 0 Å². The molecule has 0 aliphatic rings. The molecule has 5 rings (SSSR count). The van der Waals surface area contributed by atoms with Crippen LogP contribution >= 0.6 is 23.2 Å². The number of para-hydroxylation sites is 2. The summed E-state index contributed by atoms with van der Waals surface area (Å²) in [5.74, 6) is -0.339. The fourth-order valence-corrected chi connectivity index (χ4v) is 4.42. The predicted molar refractivity (Wildman–Crippen MR) is 159 cm³/mol. The lowest BCUT2D eigenvalue weighted by atomic mass is 10.2. The Bertz CT molecular complexity index is 1930. The highest BCUT2D eigenvalue weighted by Gasteiger charge is 2.16. The highest BCUT2D eigenvalue weighted by molar-refractivity contribution is 6.36. The molecule has 1 aromatic heterocycles. The van der Waals surface area contributed by atoms with Gasteiger partial charge in [0.15, 0.2) is 5.82 Å². The molecule has 0 unspecified atom stereocenters. The second-order valence-corrected chi connectivity index (χ2v) is 9.43. The molecule has 1 heterocycles. The van der Waals surface area contributed by atoms with Crippen molar-refractivity contribution < 1.29 is 14.5 Å². The van der Waals surface area contributed by atoms with Crippen LogP contribution in [-0.4, -0.2) is 26.8 Å². The number of halogens is 2. The van der Waals surface area contributed by atoms with Gasteiger partial charge in [-0.05, 0) is 54.1 Å². The number of carbonyl (C=O) groups is 1. The van der Waals surface area contributed by atoms with Gasteiger partial charge in [0.05, 0.1) is 27.1 Å². The quantitative estimate of drug-likeness (QED) is 0.0519. The maximum absolute atomic E-state index is 13.5. The molecule has 0 aliphatic carbocycles. The standard InChI is InChI=1S/C30H18Cl2N4O5/c31-21-13-14-23(25(32)17-21)29-34-26-10-3-2-9-24(26)30(38)35(29)33-18-20-7-1-4-11-27(20)41-28(37)15-12-19-6-5-8-22(16-19)36(39)40/h1-18H/b15-12+,33-18?. The average Bonchev–Trinajstić information content (AvgIpc) is 2.96. The first kappa shape index (κ1) is 27.4. The van der Waals surface area contributed by atoms with Gasteiger partial charge < -0.3 is 4.74 Å². The predicted octanol–water partition coefficient (Wildman–Crippen LogP) is 6.78. The number of carbonyl (C=O) groups excluding carboxylic acids is 1. The van der Waals surface area contributed by atoms with Gasteiger partial charge in [-0.15, -0.1) is 0 Å². The molecule has 0 atom stereocenters. The molecule has 0 aliphatic heterocycles. The number of benzene rings is 4. The maximum Gasteiger partial charge on any atom is 0.336 e. The Morgan fingerprint density at radius 2 is 1.76 bits per heavy atom. The van der Waals surface area contributed by atoms with Crippen LogP contribution < -0.4 is 10.3 Å². The highest BCUT2D eigenvalue weighted by Crippen LogP contribution is 2.29. The van der Waals surface area contributed by atoms with Gasteiger partial charge in [0.2, 0.25) is 0 Å². The normalized spacial score (nSPS) is 11.4. The summed E-state index contributed by atoms with van der Waals surface area (Å²) in [6.07, 6.45) is 3.94. The van der Waals surface area contributed by atoms with Crippen LogP contribution in [0.4, 0.5) is 5.69 Å². The number of nitrogens with zero attached hydrogens (tertiary/aromatic N) is 4. The molecule has 0 spiro atoms. The Morgan fingerprint density at radius 1 is 0.976 bits per heavy atom. The van der Waals surface area contributed by atoms with E-state index in [0.717, 1.165) is 10.8 Å². The van der Waals surface area contributed by atoms with E-state index in [1.807, 2.05) is 0 Å². The van der Waals surface area contributed by atoms with Crippen molar-refractivity contribution in [1.29, 1.82) is 0 Å². The molecule has 0 saturated carbocycles. The number of aromatic nitrogens is 2. The van der Waals surface area contributed by atoms with Gasteiger partial charge in [0, 0.05) is 34.4 Å². The van der Waals surface area contributed by atoms with Crippen molar-refractivity contribution >= 4 is 58.1 Å². The SMILES string of the molecule is O=C(/C=C/c1cccc([N+](=O)[O-])c1)Oc1ccccc1C=Nn1c(-c2ccc(Cl)cc2Cl)nc2ccccc2c1=O. The molecular weight excluding hydrogens is 567 g/mol. The summed E-state index contributed by atoms with van der Waals surface area (Å²) in [5.41, 5.74) is 1.25. The molecule has 0 amide bonds. The van der Waals surface area contributed by atoms with E-state index >= 15 is 0 Å². The van der Waals surface area contributed by atoms with Crippen molar-refractivity contribution in [2.45, 2.75) is 0 Å². The number of ether oxygens (including phenoxy) is 1. The first-order chi connectivity index (χ1) is 19.8. The summed E-state index contributed by atoms with van der Waals surface area (Å²) in [4.78, 5) is 41.1. The van der Waals surface area contributed by atoms with E-state index in [1.54, 1.807) is 72.8 Å². The van der Waals surface area contributed by atoms with Crippen molar-refractivity contribution in [3.63, 3.8) is 0 Å². The molecule has 5 aromatic rings.